The molecular formula is C10H9ClN2O. The van der Waals surface area contributed by atoms with Crippen LogP contribution in [0.3, 0.4) is 0 Å². The molecule has 4 heteroatoms. The van der Waals surface area contributed by atoms with Crippen LogP contribution in [0.15, 0.2) is 24.4 Å². The van der Waals surface area contributed by atoms with Crippen LogP contribution >= 0.6 is 11.6 Å². The maximum Gasteiger partial charge on any atom is 0.0889 e. The molecule has 1 aliphatic heterocycles. The van der Waals surface area contributed by atoms with Gasteiger partial charge in [0.2, 0.25) is 0 Å². The summed E-state index contributed by atoms with van der Waals surface area (Å²) in [4.78, 5) is 0. The van der Waals surface area contributed by atoms with E-state index in [1.165, 1.54) is 0 Å². The van der Waals surface area contributed by atoms with Crippen LogP contribution in [0.5, 0.6) is 0 Å². The van der Waals surface area contributed by atoms with E-state index in [1.807, 2.05) is 6.92 Å². The summed E-state index contributed by atoms with van der Waals surface area (Å²) in [5, 5.41) is 17.6. The maximum absolute atomic E-state index is 9.50. The lowest BCUT2D eigenvalue weighted by molar-refractivity contribution is 0.189. The zero-order chi connectivity index (χ0) is 10.3. The molecule has 1 heterocycles. The van der Waals surface area contributed by atoms with Gasteiger partial charge < -0.3 is 5.21 Å². The minimum atomic E-state index is 0.215. The van der Waals surface area contributed by atoms with E-state index in [0.29, 0.717) is 10.7 Å². The Hall–Kier alpha value is -1.48. The Labute approximate surface area is 86.0 Å². The molecule has 2 aliphatic rings. The molecule has 1 aliphatic carbocycles. The Kier molecular flexibility index (Phi) is 1.97. The molecule has 0 aromatic heterocycles. The topological polar surface area (TPSA) is 49.0 Å². The molecule has 0 atom stereocenters. The molecule has 0 saturated carbocycles. The first-order chi connectivity index (χ1) is 6.59. The molecule has 0 aromatic carbocycles. The summed E-state index contributed by atoms with van der Waals surface area (Å²) in [6.45, 7) is 1.93. The van der Waals surface area contributed by atoms with Gasteiger partial charge in [0.1, 0.15) is 0 Å². The molecule has 0 aromatic rings. The molecule has 2 N–H and O–H groups in total. The first-order valence-electron chi connectivity index (χ1n) is 4.15. The third kappa shape index (κ3) is 1.26. The summed E-state index contributed by atoms with van der Waals surface area (Å²) in [6, 6.07) is 5.04. The summed E-state index contributed by atoms with van der Waals surface area (Å²) in [5.74, 6) is 0. The van der Waals surface area contributed by atoms with Gasteiger partial charge in [0, 0.05) is 11.8 Å². The smallest absolute Gasteiger partial charge is 0.0889 e. The van der Waals surface area contributed by atoms with Crippen molar-refractivity contribution in [2.45, 2.75) is 6.92 Å². The second-order valence-corrected chi connectivity index (χ2v) is 3.60. The van der Waals surface area contributed by atoms with Crippen molar-refractivity contribution in [1.82, 2.24) is 4.73 Å². The van der Waals surface area contributed by atoms with E-state index < -0.39 is 0 Å². The standard InChI is InChI=1S/C10H9ClN2O/c1-6-2-3-13(14)10-5-9(12)8(11)4-7(6)10/h2-5,12,14H,1H3. The fourth-order valence-electron chi connectivity index (χ4n) is 1.42. The monoisotopic (exact) mass is 208 g/mol. The van der Waals surface area contributed by atoms with Crippen LogP contribution in [0.25, 0.3) is 11.3 Å². The van der Waals surface area contributed by atoms with Gasteiger partial charge in [0.25, 0.3) is 0 Å². The lowest BCUT2D eigenvalue weighted by atomic mass is 10.0. The van der Waals surface area contributed by atoms with Crippen LogP contribution in [0.1, 0.15) is 5.56 Å². The quantitative estimate of drug-likeness (QED) is 0.641. The number of aryl methyl sites for hydroxylation is 1. The fourth-order valence-corrected chi connectivity index (χ4v) is 1.58. The molecule has 0 bridgehead atoms. The van der Waals surface area contributed by atoms with Gasteiger partial charge in [-0.25, -0.2) is 0 Å². The lowest BCUT2D eigenvalue weighted by Gasteiger charge is -2.12. The van der Waals surface area contributed by atoms with Gasteiger partial charge in [-0.3, -0.25) is 5.41 Å². The molecule has 3 nitrogen and oxygen atoms in total. The predicted molar refractivity (Wildman–Crippen MR) is 53.8 cm³/mol. The number of hydrogen-bond donors (Lipinski definition) is 2. The third-order valence-electron chi connectivity index (χ3n) is 2.22. The maximum atomic E-state index is 9.50. The number of rotatable bonds is 0. The highest BCUT2D eigenvalue weighted by Gasteiger charge is 2.10. The van der Waals surface area contributed by atoms with Crippen molar-refractivity contribution >= 4 is 11.6 Å². The molecule has 2 rings (SSSR count). The van der Waals surface area contributed by atoms with Crippen LogP contribution in [0.2, 0.25) is 5.02 Å². The average molecular weight is 209 g/mol. The Bertz CT molecular complexity index is 518. The largest absolute Gasteiger partial charge is 0.428 e. The van der Waals surface area contributed by atoms with E-state index in [4.69, 9.17) is 17.0 Å². The Morgan fingerprint density at radius 2 is 2.14 bits per heavy atom. The molecule has 72 valence electrons. The van der Waals surface area contributed by atoms with Gasteiger partial charge in [-0.15, -0.1) is 0 Å². The molecule has 0 radical (unpaired) electrons. The van der Waals surface area contributed by atoms with Crippen molar-refractivity contribution in [2.75, 3.05) is 0 Å². The lowest BCUT2D eigenvalue weighted by Crippen LogP contribution is -2.08. The Morgan fingerprint density at radius 1 is 1.43 bits per heavy atom. The van der Waals surface area contributed by atoms with Crippen molar-refractivity contribution in [3.8, 4) is 11.3 Å². The normalized spacial score (nSPS) is 10.7. The summed E-state index contributed by atoms with van der Waals surface area (Å²) in [6.07, 6.45) is 1.55. The SMILES string of the molecule is Cc1ccn(O)c2cc(=N)c(Cl)cc1-2. The van der Waals surface area contributed by atoms with Crippen LogP contribution in [0.4, 0.5) is 0 Å². The number of benzene rings is 1. The Balaban J connectivity index is 2.93. The van der Waals surface area contributed by atoms with Gasteiger partial charge >= 0.3 is 0 Å². The molecule has 0 spiro atoms. The molecule has 0 saturated heterocycles. The minimum absolute atomic E-state index is 0.215. The van der Waals surface area contributed by atoms with E-state index in [9.17, 15) is 5.21 Å². The fraction of sp³-hybridized carbons (Fsp3) is 0.100. The van der Waals surface area contributed by atoms with Gasteiger partial charge in [0.15, 0.2) is 0 Å². The van der Waals surface area contributed by atoms with Crippen molar-refractivity contribution in [3.05, 3.63) is 40.3 Å². The second-order valence-electron chi connectivity index (χ2n) is 3.19. The second kappa shape index (κ2) is 3.03. The molecular weight excluding hydrogens is 200 g/mol. The molecule has 14 heavy (non-hydrogen) atoms. The van der Waals surface area contributed by atoms with Crippen molar-refractivity contribution in [2.24, 2.45) is 0 Å². The van der Waals surface area contributed by atoms with Crippen LogP contribution in [-0.4, -0.2) is 9.94 Å². The van der Waals surface area contributed by atoms with Crippen LogP contribution in [0, 0.1) is 12.3 Å². The summed E-state index contributed by atoms with van der Waals surface area (Å²) in [5.41, 5.74) is 2.47. The summed E-state index contributed by atoms with van der Waals surface area (Å²) in [7, 11) is 0. The number of pyridine rings is 1. The third-order valence-corrected chi connectivity index (χ3v) is 2.54. The predicted octanol–water partition coefficient (Wildman–Crippen LogP) is 2.27. The number of halogens is 1. The van der Waals surface area contributed by atoms with E-state index in [2.05, 4.69) is 0 Å². The summed E-state index contributed by atoms with van der Waals surface area (Å²) >= 11 is 5.83. The number of nitrogens with one attached hydrogen (secondary N) is 1. The first-order valence-corrected chi connectivity index (χ1v) is 4.53. The van der Waals surface area contributed by atoms with E-state index in [0.717, 1.165) is 15.9 Å². The van der Waals surface area contributed by atoms with Gasteiger partial charge in [-0.05, 0) is 30.7 Å². The number of hydrogen-bond acceptors (Lipinski definition) is 2. The molecule has 0 unspecified atom stereocenters. The minimum Gasteiger partial charge on any atom is -0.428 e. The number of nitrogens with zero attached hydrogens (tertiary/aromatic N) is 1. The highest BCUT2D eigenvalue weighted by molar-refractivity contribution is 6.30. The van der Waals surface area contributed by atoms with E-state index >= 15 is 0 Å². The molecule has 0 amide bonds. The van der Waals surface area contributed by atoms with Crippen LogP contribution < -0.4 is 5.36 Å². The van der Waals surface area contributed by atoms with Crippen molar-refractivity contribution < 1.29 is 5.21 Å². The average Bonchev–Trinajstić information content (AvgIpc) is 2.15. The van der Waals surface area contributed by atoms with Crippen molar-refractivity contribution in [3.63, 3.8) is 0 Å². The van der Waals surface area contributed by atoms with E-state index in [-0.39, 0.29) is 5.36 Å². The van der Waals surface area contributed by atoms with Crippen LogP contribution in [-0.2, 0) is 0 Å². The number of fused-ring (bicyclic) bond motifs is 1. The zero-order valence-electron chi connectivity index (χ0n) is 7.58. The highest BCUT2D eigenvalue weighted by Crippen LogP contribution is 2.25. The Morgan fingerprint density at radius 3 is 2.86 bits per heavy atom. The highest BCUT2D eigenvalue weighted by atomic mass is 35.5. The zero-order valence-corrected chi connectivity index (χ0v) is 8.34. The number of aromatic nitrogens is 1. The van der Waals surface area contributed by atoms with E-state index in [1.54, 1.807) is 24.4 Å². The van der Waals surface area contributed by atoms with Gasteiger partial charge in [-0.1, -0.05) is 11.6 Å². The molecule has 0 fully saturated rings. The van der Waals surface area contributed by atoms with Crippen molar-refractivity contribution in [1.29, 1.82) is 5.41 Å². The first kappa shape index (κ1) is 9.09. The van der Waals surface area contributed by atoms with Gasteiger partial charge in [0.05, 0.1) is 16.1 Å². The summed E-state index contributed by atoms with van der Waals surface area (Å²) < 4.78 is 0.997. The van der Waals surface area contributed by atoms with Gasteiger partial charge in [-0.2, -0.15) is 4.73 Å².